The van der Waals surface area contributed by atoms with Crippen molar-refractivity contribution in [3.05, 3.63) is 0 Å². The van der Waals surface area contributed by atoms with Crippen LogP contribution in [0.4, 0.5) is 0 Å². The predicted molar refractivity (Wildman–Crippen MR) is 72.5 cm³/mol. The molecule has 0 radical (unpaired) electrons. The Labute approximate surface area is 106 Å². The first-order valence-electron chi connectivity index (χ1n) is 6.78. The van der Waals surface area contributed by atoms with Gasteiger partial charge < -0.3 is 15.0 Å². The molecule has 17 heavy (non-hydrogen) atoms. The van der Waals surface area contributed by atoms with E-state index in [9.17, 15) is 0 Å². The highest BCUT2D eigenvalue weighted by Crippen LogP contribution is 2.11. The summed E-state index contributed by atoms with van der Waals surface area (Å²) >= 11 is 0. The SMILES string of the molecule is CCNC(COC(C)C)C1CN(C)CCN1C. The van der Waals surface area contributed by atoms with Crippen molar-refractivity contribution >= 4 is 0 Å². The molecule has 2 atom stereocenters. The average Bonchev–Trinajstić information content (AvgIpc) is 2.27. The van der Waals surface area contributed by atoms with E-state index in [1.165, 1.54) is 0 Å². The quantitative estimate of drug-likeness (QED) is 0.741. The third kappa shape index (κ3) is 4.92. The topological polar surface area (TPSA) is 27.7 Å². The van der Waals surface area contributed by atoms with Gasteiger partial charge in [0, 0.05) is 31.7 Å². The lowest BCUT2D eigenvalue weighted by Crippen LogP contribution is -2.60. The molecular weight excluding hydrogens is 214 g/mol. The third-order valence-electron chi connectivity index (χ3n) is 3.44. The van der Waals surface area contributed by atoms with Crippen molar-refractivity contribution in [2.45, 2.75) is 39.0 Å². The largest absolute Gasteiger partial charge is 0.377 e. The van der Waals surface area contributed by atoms with Gasteiger partial charge in [-0.1, -0.05) is 6.92 Å². The Hall–Kier alpha value is -0.160. The van der Waals surface area contributed by atoms with E-state index >= 15 is 0 Å². The summed E-state index contributed by atoms with van der Waals surface area (Å²) in [5.41, 5.74) is 0. The molecule has 102 valence electrons. The summed E-state index contributed by atoms with van der Waals surface area (Å²) in [6.45, 7) is 11.6. The van der Waals surface area contributed by atoms with Gasteiger partial charge in [0.15, 0.2) is 0 Å². The van der Waals surface area contributed by atoms with E-state index in [-0.39, 0.29) is 0 Å². The van der Waals surface area contributed by atoms with Crippen molar-refractivity contribution in [2.24, 2.45) is 0 Å². The molecule has 0 aromatic rings. The van der Waals surface area contributed by atoms with Crippen LogP contribution in [0.5, 0.6) is 0 Å². The van der Waals surface area contributed by atoms with Gasteiger partial charge in [0.25, 0.3) is 0 Å². The van der Waals surface area contributed by atoms with Crippen LogP contribution in [0.1, 0.15) is 20.8 Å². The van der Waals surface area contributed by atoms with E-state index in [2.05, 4.69) is 50.0 Å². The second-order valence-electron chi connectivity index (χ2n) is 5.36. The number of likely N-dealkylation sites (N-methyl/N-ethyl adjacent to an activating group) is 3. The minimum atomic E-state index is 0.308. The fourth-order valence-corrected chi connectivity index (χ4v) is 2.34. The first-order valence-corrected chi connectivity index (χ1v) is 6.78. The van der Waals surface area contributed by atoms with Gasteiger partial charge in [-0.15, -0.1) is 0 Å². The van der Waals surface area contributed by atoms with Crippen molar-refractivity contribution in [1.29, 1.82) is 0 Å². The first-order chi connectivity index (χ1) is 8.04. The summed E-state index contributed by atoms with van der Waals surface area (Å²) in [7, 11) is 4.42. The fourth-order valence-electron chi connectivity index (χ4n) is 2.34. The standard InChI is InChI=1S/C13H29N3O/c1-6-14-12(10-17-11(2)3)13-9-15(4)7-8-16(13)5/h11-14H,6-10H2,1-5H3. The number of hydrogen-bond acceptors (Lipinski definition) is 4. The molecule has 0 aromatic heterocycles. The molecule has 1 N–H and O–H groups in total. The zero-order chi connectivity index (χ0) is 12.8. The summed E-state index contributed by atoms with van der Waals surface area (Å²) < 4.78 is 5.79. The van der Waals surface area contributed by atoms with Crippen LogP contribution >= 0.6 is 0 Å². The Morgan fingerprint density at radius 1 is 1.29 bits per heavy atom. The van der Waals surface area contributed by atoms with Gasteiger partial charge in [-0.2, -0.15) is 0 Å². The van der Waals surface area contributed by atoms with Gasteiger partial charge in [0.1, 0.15) is 0 Å². The lowest BCUT2D eigenvalue weighted by molar-refractivity contribution is 0.0176. The van der Waals surface area contributed by atoms with Gasteiger partial charge in [0.2, 0.25) is 0 Å². The average molecular weight is 243 g/mol. The molecule has 0 aliphatic carbocycles. The van der Waals surface area contributed by atoms with Crippen LogP contribution in [0, 0.1) is 0 Å². The molecule has 0 aromatic carbocycles. The first kappa shape index (κ1) is 14.9. The smallest absolute Gasteiger partial charge is 0.0638 e. The molecule has 0 bridgehead atoms. The Balaban J connectivity index is 2.53. The molecule has 1 fully saturated rings. The molecule has 1 aliphatic heterocycles. The van der Waals surface area contributed by atoms with Gasteiger partial charge in [-0.05, 0) is 34.5 Å². The highest BCUT2D eigenvalue weighted by atomic mass is 16.5. The van der Waals surface area contributed by atoms with Crippen LogP contribution in [0.15, 0.2) is 0 Å². The van der Waals surface area contributed by atoms with Gasteiger partial charge in [-0.25, -0.2) is 0 Å². The van der Waals surface area contributed by atoms with E-state index in [0.29, 0.717) is 18.2 Å². The summed E-state index contributed by atoms with van der Waals surface area (Å²) in [6.07, 6.45) is 0.308. The van der Waals surface area contributed by atoms with Gasteiger partial charge in [0.05, 0.1) is 12.7 Å². The number of nitrogens with zero attached hydrogens (tertiary/aromatic N) is 2. The molecule has 1 saturated heterocycles. The minimum absolute atomic E-state index is 0.308. The highest BCUT2D eigenvalue weighted by molar-refractivity contribution is 4.88. The minimum Gasteiger partial charge on any atom is -0.377 e. The van der Waals surface area contributed by atoms with Gasteiger partial charge in [-0.3, -0.25) is 4.90 Å². The molecule has 4 heteroatoms. The van der Waals surface area contributed by atoms with Crippen molar-refractivity contribution in [3.8, 4) is 0 Å². The van der Waals surface area contributed by atoms with Gasteiger partial charge >= 0.3 is 0 Å². The number of ether oxygens (including phenoxy) is 1. The second kappa shape index (κ2) is 7.31. The highest BCUT2D eigenvalue weighted by Gasteiger charge is 2.29. The zero-order valence-corrected chi connectivity index (χ0v) is 12.1. The van der Waals surface area contributed by atoms with E-state index in [4.69, 9.17) is 4.74 Å². The number of piperazine rings is 1. The molecule has 1 heterocycles. The van der Waals surface area contributed by atoms with E-state index in [0.717, 1.165) is 32.8 Å². The monoisotopic (exact) mass is 243 g/mol. The Kier molecular flexibility index (Phi) is 6.41. The van der Waals surface area contributed by atoms with Crippen molar-refractivity contribution in [2.75, 3.05) is 46.9 Å². The summed E-state index contributed by atoms with van der Waals surface area (Å²) in [4.78, 5) is 4.86. The molecule has 4 nitrogen and oxygen atoms in total. The van der Waals surface area contributed by atoms with Crippen molar-refractivity contribution in [3.63, 3.8) is 0 Å². The summed E-state index contributed by atoms with van der Waals surface area (Å²) in [5.74, 6) is 0. The van der Waals surface area contributed by atoms with Crippen LogP contribution < -0.4 is 5.32 Å². The lowest BCUT2D eigenvalue weighted by atomic mass is 10.0. The Bertz CT molecular complexity index is 211. The third-order valence-corrected chi connectivity index (χ3v) is 3.44. The molecule has 2 unspecified atom stereocenters. The molecule has 0 spiro atoms. The fraction of sp³-hybridized carbons (Fsp3) is 1.00. The van der Waals surface area contributed by atoms with Crippen LogP contribution in [0.3, 0.4) is 0 Å². The normalized spacial score (nSPS) is 25.4. The Morgan fingerprint density at radius 3 is 2.59 bits per heavy atom. The van der Waals surface area contributed by atoms with Crippen LogP contribution in [-0.2, 0) is 4.74 Å². The van der Waals surface area contributed by atoms with Crippen LogP contribution in [0.25, 0.3) is 0 Å². The Morgan fingerprint density at radius 2 is 2.00 bits per heavy atom. The van der Waals surface area contributed by atoms with E-state index < -0.39 is 0 Å². The number of hydrogen-bond donors (Lipinski definition) is 1. The maximum atomic E-state index is 5.79. The van der Waals surface area contributed by atoms with E-state index in [1.54, 1.807) is 0 Å². The molecule has 1 rings (SSSR count). The van der Waals surface area contributed by atoms with Crippen molar-refractivity contribution < 1.29 is 4.74 Å². The number of nitrogens with one attached hydrogen (secondary N) is 1. The van der Waals surface area contributed by atoms with Crippen LogP contribution in [0.2, 0.25) is 0 Å². The summed E-state index contributed by atoms with van der Waals surface area (Å²) in [6, 6.07) is 0.975. The predicted octanol–water partition coefficient (Wildman–Crippen LogP) is 0.635. The van der Waals surface area contributed by atoms with Crippen LogP contribution in [-0.4, -0.2) is 74.9 Å². The summed E-state index contributed by atoms with van der Waals surface area (Å²) in [5, 5.41) is 3.57. The van der Waals surface area contributed by atoms with E-state index in [1.807, 2.05) is 0 Å². The van der Waals surface area contributed by atoms with Crippen molar-refractivity contribution in [1.82, 2.24) is 15.1 Å². The maximum absolute atomic E-state index is 5.79. The zero-order valence-electron chi connectivity index (χ0n) is 12.1. The molecule has 0 saturated carbocycles. The lowest BCUT2D eigenvalue weighted by Gasteiger charge is -2.42. The molecule has 1 aliphatic rings. The second-order valence-corrected chi connectivity index (χ2v) is 5.36. The molecule has 0 amide bonds. The number of rotatable bonds is 6. The maximum Gasteiger partial charge on any atom is 0.0638 e. The molecular formula is C13H29N3O.